The number of ketones is 1. The zero-order chi connectivity index (χ0) is 15.9. The molecule has 0 spiro atoms. The molecule has 1 amide bonds. The molecule has 5 nitrogen and oxygen atoms in total. The molecule has 1 fully saturated rings. The summed E-state index contributed by atoms with van der Waals surface area (Å²) < 4.78 is 0. The number of nitrogens with two attached hydrogens (primary N) is 1. The van der Waals surface area contributed by atoms with Gasteiger partial charge in [0.25, 0.3) is 0 Å². The monoisotopic (exact) mass is 284 g/mol. The van der Waals surface area contributed by atoms with Crippen LogP contribution in [0.15, 0.2) is 0 Å². The Hall–Kier alpha value is -0.940. The Morgan fingerprint density at radius 2 is 1.85 bits per heavy atom. The van der Waals surface area contributed by atoms with Crippen LogP contribution in [0.3, 0.4) is 0 Å². The molecule has 0 bridgehead atoms. The van der Waals surface area contributed by atoms with Crippen molar-refractivity contribution in [1.29, 1.82) is 0 Å². The molecule has 0 aromatic rings. The molecule has 1 aliphatic heterocycles. The van der Waals surface area contributed by atoms with E-state index in [0.29, 0.717) is 6.42 Å². The Morgan fingerprint density at radius 1 is 1.35 bits per heavy atom. The predicted molar refractivity (Wildman–Crippen MR) is 77.7 cm³/mol. The summed E-state index contributed by atoms with van der Waals surface area (Å²) in [7, 11) is 0. The van der Waals surface area contributed by atoms with Crippen molar-refractivity contribution in [3.63, 3.8) is 0 Å². The molecule has 0 aromatic carbocycles. The molecule has 1 saturated heterocycles. The first-order valence-electron chi connectivity index (χ1n) is 7.16. The lowest BCUT2D eigenvalue weighted by molar-refractivity contribution is -0.149. The van der Waals surface area contributed by atoms with Crippen LogP contribution in [0.25, 0.3) is 0 Å². The number of aliphatic hydroxyl groups is 1. The van der Waals surface area contributed by atoms with Gasteiger partial charge in [-0.15, -0.1) is 0 Å². The molecule has 3 atom stereocenters. The normalized spacial score (nSPS) is 26.0. The largest absolute Gasteiger partial charge is 0.373 e. The summed E-state index contributed by atoms with van der Waals surface area (Å²) in [5.74, 6) is -0.556. The Bertz CT molecular complexity index is 393. The van der Waals surface area contributed by atoms with E-state index in [0.717, 1.165) is 0 Å². The molecule has 116 valence electrons. The summed E-state index contributed by atoms with van der Waals surface area (Å²) >= 11 is 0. The average molecular weight is 284 g/mol. The highest BCUT2D eigenvalue weighted by Crippen LogP contribution is 2.38. The van der Waals surface area contributed by atoms with Crippen LogP contribution in [-0.4, -0.2) is 40.5 Å². The highest BCUT2D eigenvalue weighted by Gasteiger charge is 2.49. The number of rotatable bonds is 3. The lowest BCUT2D eigenvalue weighted by Crippen LogP contribution is -2.54. The van der Waals surface area contributed by atoms with E-state index in [9.17, 15) is 14.7 Å². The van der Waals surface area contributed by atoms with Crippen LogP contribution in [-0.2, 0) is 9.59 Å². The van der Waals surface area contributed by atoms with Gasteiger partial charge in [0.1, 0.15) is 12.3 Å². The number of amides is 1. The third-order valence-electron chi connectivity index (χ3n) is 3.97. The SMILES string of the molecule is CC(C)(C)C(=O)[C@H](CN)N1C(=O)C(C(C)(C)C)CC1O. The molecular weight excluding hydrogens is 256 g/mol. The van der Waals surface area contributed by atoms with Gasteiger partial charge in [-0.2, -0.15) is 0 Å². The van der Waals surface area contributed by atoms with Crippen molar-refractivity contribution in [2.45, 2.75) is 60.2 Å². The molecule has 0 aromatic heterocycles. The van der Waals surface area contributed by atoms with Crippen molar-refractivity contribution in [3.8, 4) is 0 Å². The third-order valence-corrected chi connectivity index (χ3v) is 3.97. The van der Waals surface area contributed by atoms with Crippen LogP contribution >= 0.6 is 0 Å². The number of nitrogens with zero attached hydrogens (tertiary/aromatic N) is 1. The summed E-state index contributed by atoms with van der Waals surface area (Å²) in [6, 6.07) is -0.746. The van der Waals surface area contributed by atoms with E-state index in [1.807, 2.05) is 20.8 Å². The molecule has 5 heteroatoms. The molecule has 0 radical (unpaired) electrons. The molecule has 2 unspecified atom stereocenters. The van der Waals surface area contributed by atoms with Crippen molar-refractivity contribution in [1.82, 2.24) is 4.90 Å². The fourth-order valence-electron chi connectivity index (χ4n) is 2.68. The van der Waals surface area contributed by atoms with Gasteiger partial charge in [0.15, 0.2) is 5.78 Å². The second-order valence-corrected chi connectivity index (χ2v) is 7.75. The Labute approximate surface area is 121 Å². The average Bonchev–Trinajstić information content (AvgIpc) is 2.56. The number of hydrogen-bond donors (Lipinski definition) is 2. The van der Waals surface area contributed by atoms with Gasteiger partial charge in [-0.1, -0.05) is 41.5 Å². The number of likely N-dealkylation sites (tertiary alicyclic amines) is 1. The topological polar surface area (TPSA) is 83.6 Å². The fraction of sp³-hybridized carbons (Fsp3) is 0.867. The lowest BCUT2D eigenvalue weighted by Gasteiger charge is -2.33. The smallest absolute Gasteiger partial charge is 0.229 e. The van der Waals surface area contributed by atoms with Crippen LogP contribution in [0, 0.1) is 16.7 Å². The quantitative estimate of drug-likeness (QED) is 0.814. The molecule has 1 heterocycles. The van der Waals surface area contributed by atoms with E-state index >= 15 is 0 Å². The maximum atomic E-state index is 12.6. The number of carbonyl (C=O) groups excluding carboxylic acids is 2. The Kier molecular flexibility index (Phi) is 4.66. The molecule has 0 aliphatic carbocycles. The standard InChI is InChI=1S/C15H28N2O3/c1-14(2,3)9-7-11(18)17(13(9)20)10(8-16)12(19)15(4,5)6/h9-11,18H,7-8,16H2,1-6H3/t9?,10-,11?/m0/s1. The van der Waals surface area contributed by atoms with Gasteiger partial charge < -0.3 is 15.7 Å². The van der Waals surface area contributed by atoms with Crippen molar-refractivity contribution in [2.75, 3.05) is 6.54 Å². The maximum absolute atomic E-state index is 12.6. The summed E-state index contributed by atoms with van der Waals surface area (Å²) in [5.41, 5.74) is 4.87. The van der Waals surface area contributed by atoms with E-state index in [4.69, 9.17) is 5.73 Å². The van der Waals surface area contributed by atoms with Crippen molar-refractivity contribution in [3.05, 3.63) is 0 Å². The van der Waals surface area contributed by atoms with Crippen LogP contribution in [0.2, 0.25) is 0 Å². The van der Waals surface area contributed by atoms with Gasteiger partial charge in [-0.3, -0.25) is 9.59 Å². The number of carbonyl (C=O) groups is 2. The van der Waals surface area contributed by atoms with E-state index in [-0.39, 0.29) is 29.6 Å². The predicted octanol–water partition coefficient (Wildman–Crippen LogP) is 1.14. The van der Waals surface area contributed by atoms with E-state index < -0.39 is 17.7 Å². The number of aliphatic hydroxyl groups excluding tert-OH is 1. The van der Waals surface area contributed by atoms with E-state index in [1.165, 1.54) is 4.90 Å². The highest BCUT2D eigenvalue weighted by molar-refractivity contribution is 5.94. The van der Waals surface area contributed by atoms with Crippen LogP contribution in [0.5, 0.6) is 0 Å². The zero-order valence-corrected chi connectivity index (χ0v) is 13.4. The van der Waals surface area contributed by atoms with E-state index in [2.05, 4.69) is 0 Å². The fourth-order valence-corrected chi connectivity index (χ4v) is 2.68. The Balaban J connectivity index is 3.06. The molecular formula is C15H28N2O3. The van der Waals surface area contributed by atoms with Gasteiger partial charge in [0, 0.05) is 24.3 Å². The summed E-state index contributed by atoms with van der Waals surface area (Å²) in [5, 5.41) is 10.2. The molecule has 20 heavy (non-hydrogen) atoms. The van der Waals surface area contributed by atoms with Crippen LogP contribution < -0.4 is 5.73 Å². The van der Waals surface area contributed by atoms with Gasteiger partial charge in [-0.05, 0) is 5.41 Å². The second kappa shape index (κ2) is 5.45. The highest BCUT2D eigenvalue weighted by atomic mass is 16.3. The minimum absolute atomic E-state index is 0.0375. The second-order valence-electron chi connectivity index (χ2n) is 7.75. The van der Waals surface area contributed by atoms with Crippen molar-refractivity contribution >= 4 is 11.7 Å². The Morgan fingerprint density at radius 3 is 2.15 bits per heavy atom. The number of Topliss-reactive ketones (excluding diaryl/α,β-unsaturated/α-hetero) is 1. The summed E-state index contributed by atoms with van der Waals surface area (Å²) in [6.45, 7) is 11.3. The first kappa shape index (κ1) is 17.1. The van der Waals surface area contributed by atoms with Gasteiger partial charge in [0.05, 0.1) is 0 Å². The first-order valence-corrected chi connectivity index (χ1v) is 7.16. The molecule has 0 saturated carbocycles. The molecule has 1 aliphatic rings. The minimum Gasteiger partial charge on any atom is -0.373 e. The van der Waals surface area contributed by atoms with Crippen LogP contribution in [0.4, 0.5) is 0 Å². The van der Waals surface area contributed by atoms with Crippen molar-refractivity contribution in [2.24, 2.45) is 22.5 Å². The summed E-state index contributed by atoms with van der Waals surface area (Å²) in [4.78, 5) is 26.3. The first-order chi connectivity index (χ1) is 8.91. The summed E-state index contributed by atoms with van der Waals surface area (Å²) in [6.07, 6.45) is -0.567. The van der Waals surface area contributed by atoms with E-state index in [1.54, 1.807) is 20.8 Å². The van der Waals surface area contributed by atoms with Crippen molar-refractivity contribution < 1.29 is 14.7 Å². The maximum Gasteiger partial charge on any atom is 0.229 e. The lowest BCUT2D eigenvalue weighted by atomic mass is 9.79. The van der Waals surface area contributed by atoms with Crippen LogP contribution in [0.1, 0.15) is 48.0 Å². The zero-order valence-electron chi connectivity index (χ0n) is 13.4. The third kappa shape index (κ3) is 3.20. The molecule has 3 N–H and O–H groups in total. The van der Waals surface area contributed by atoms with Gasteiger partial charge in [-0.25, -0.2) is 0 Å². The molecule has 1 rings (SSSR count). The van der Waals surface area contributed by atoms with Gasteiger partial charge in [0.2, 0.25) is 5.91 Å². The number of hydrogen-bond acceptors (Lipinski definition) is 4. The minimum atomic E-state index is -0.924. The van der Waals surface area contributed by atoms with Gasteiger partial charge >= 0.3 is 0 Å².